The van der Waals surface area contributed by atoms with Gasteiger partial charge in [0.05, 0.1) is 0 Å². The molecule has 0 spiro atoms. The van der Waals surface area contributed by atoms with E-state index < -0.39 is 5.54 Å². The van der Waals surface area contributed by atoms with E-state index in [0.29, 0.717) is 12.3 Å². The second-order valence-corrected chi connectivity index (χ2v) is 10.1. The van der Waals surface area contributed by atoms with E-state index in [1.54, 1.807) is 7.05 Å². The van der Waals surface area contributed by atoms with E-state index in [1.807, 2.05) is 0 Å². The Kier molecular flexibility index (Phi) is 8.18. The molecule has 2 amide bonds. The number of carbonyl (C=O) groups is 2. The molecule has 0 aromatic carbocycles. The molecule has 0 bridgehead atoms. The number of hydrogen-bond donors (Lipinski definition) is 3. The standard InChI is InChI=1S/C24H42N4O2/c1-3-4-13-21(29)26-20-12-8-11-19(16-20)17-24(22(30)28(2)23(25)27-24)15-14-18-9-6-5-7-10-18/h18-20H,3-17H2,1-2H3,(H2,25,27)(H,26,29)/t19-,20+,24+/m0/s1. The van der Waals surface area contributed by atoms with E-state index >= 15 is 0 Å². The molecule has 170 valence electrons. The molecule has 0 aromatic rings. The van der Waals surface area contributed by atoms with Crippen LogP contribution in [0.4, 0.5) is 0 Å². The van der Waals surface area contributed by atoms with E-state index in [0.717, 1.165) is 63.7 Å². The average molecular weight is 419 g/mol. The summed E-state index contributed by atoms with van der Waals surface area (Å²) in [6.07, 6.45) is 16.0. The smallest absolute Gasteiger partial charge is 0.254 e. The van der Waals surface area contributed by atoms with Crippen molar-refractivity contribution in [2.75, 3.05) is 7.05 Å². The third kappa shape index (κ3) is 5.76. The SMILES string of the molecule is CCCCC(=O)N[C@@H]1CCC[C@H](C[C@@]2(CCC3CCCCC3)NC(=N)N(C)C2=O)C1. The maximum atomic E-state index is 13.2. The Morgan fingerprint density at radius 3 is 2.57 bits per heavy atom. The Hall–Kier alpha value is -1.59. The van der Waals surface area contributed by atoms with E-state index in [2.05, 4.69) is 17.6 Å². The number of carbonyl (C=O) groups excluding carboxylic acids is 2. The first-order valence-corrected chi connectivity index (χ1v) is 12.4. The zero-order valence-corrected chi connectivity index (χ0v) is 19.1. The molecule has 2 saturated carbocycles. The molecule has 3 N–H and O–H groups in total. The zero-order valence-electron chi connectivity index (χ0n) is 19.1. The summed E-state index contributed by atoms with van der Waals surface area (Å²) in [6.45, 7) is 2.11. The Morgan fingerprint density at radius 1 is 1.17 bits per heavy atom. The fourth-order valence-corrected chi connectivity index (χ4v) is 5.86. The number of rotatable bonds is 9. The van der Waals surface area contributed by atoms with Gasteiger partial charge in [0.2, 0.25) is 5.91 Å². The number of amides is 2. The molecule has 3 atom stereocenters. The minimum atomic E-state index is -0.623. The van der Waals surface area contributed by atoms with Crippen molar-refractivity contribution in [3.63, 3.8) is 0 Å². The lowest BCUT2D eigenvalue weighted by Gasteiger charge is -2.36. The van der Waals surface area contributed by atoms with Crippen LogP contribution in [0.3, 0.4) is 0 Å². The maximum Gasteiger partial charge on any atom is 0.254 e. The number of guanidine groups is 1. The number of hydrogen-bond acceptors (Lipinski definition) is 3. The van der Waals surface area contributed by atoms with Gasteiger partial charge < -0.3 is 10.6 Å². The van der Waals surface area contributed by atoms with Crippen LogP contribution in [0.5, 0.6) is 0 Å². The van der Waals surface area contributed by atoms with Gasteiger partial charge in [-0.3, -0.25) is 19.9 Å². The molecule has 3 fully saturated rings. The van der Waals surface area contributed by atoms with Gasteiger partial charge in [0, 0.05) is 19.5 Å². The summed E-state index contributed by atoms with van der Waals surface area (Å²) in [6, 6.07) is 0.234. The molecule has 6 heteroatoms. The van der Waals surface area contributed by atoms with Crippen LogP contribution in [0.1, 0.15) is 103 Å². The lowest BCUT2D eigenvalue weighted by molar-refractivity contribution is -0.131. The summed E-state index contributed by atoms with van der Waals surface area (Å²) in [5, 5.41) is 14.8. The molecular formula is C24H42N4O2. The highest BCUT2D eigenvalue weighted by molar-refractivity contribution is 6.07. The first-order valence-electron chi connectivity index (χ1n) is 12.4. The predicted molar refractivity (Wildman–Crippen MR) is 120 cm³/mol. The van der Waals surface area contributed by atoms with Crippen molar-refractivity contribution in [1.82, 2.24) is 15.5 Å². The molecule has 3 rings (SSSR count). The number of unbranched alkanes of at least 4 members (excludes halogenated alkanes) is 1. The van der Waals surface area contributed by atoms with E-state index in [-0.39, 0.29) is 23.8 Å². The fraction of sp³-hybridized carbons (Fsp3) is 0.875. The van der Waals surface area contributed by atoms with Crippen molar-refractivity contribution in [1.29, 1.82) is 5.41 Å². The van der Waals surface area contributed by atoms with Crippen LogP contribution in [0.15, 0.2) is 0 Å². The predicted octanol–water partition coefficient (Wildman–Crippen LogP) is 4.34. The van der Waals surface area contributed by atoms with Gasteiger partial charge >= 0.3 is 0 Å². The first-order chi connectivity index (χ1) is 14.4. The lowest BCUT2D eigenvalue weighted by Crippen LogP contribution is -2.50. The minimum Gasteiger partial charge on any atom is -0.353 e. The van der Waals surface area contributed by atoms with Crippen molar-refractivity contribution in [3.05, 3.63) is 0 Å². The fourth-order valence-electron chi connectivity index (χ4n) is 5.86. The molecule has 1 saturated heterocycles. The third-order valence-electron chi connectivity index (χ3n) is 7.65. The summed E-state index contributed by atoms with van der Waals surface area (Å²) in [4.78, 5) is 26.9. The first kappa shape index (κ1) is 23.1. The highest BCUT2D eigenvalue weighted by Gasteiger charge is 2.49. The molecule has 0 aromatic heterocycles. The van der Waals surface area contributed by atoms with Gasteiger partial charge in [-0.2, -0.15) is 0 Å². The topological polar surface area (TPSA) is 85.3 Å². The monoisotopic (exact) mass is 418 g/mol. The Labute approximate surface area is 182 Å². The van der Waals surface area contributed by atoms with Gasteiger partial charge in [-0.25, -0.2) is 0 Å². The lowest BCUT2D eigenvalue weighted by atomic mass is 9.74. The van der Waals surface area contributed by atoms with Crippen LogP contribution in [-0.2, 0) is 9.59 Å². The van der Waals surface area contributed by atoms with E-state index in [4.69, 9.17) is 5.41 Å². The van der Waals surface area contributed by atoms with Crippen LogP contribution in [0, 0.1) is 17.2 Å². The largest absolute Gasteiger partial charge is 0.353 e. The molecule has 2 aliphatic carbocycles. The Bertz CT molecular complexity index is 616. The quantitative estimate of drug-likeness (QED) is 0.521. The van der Waals surface area contributed by atoms with Gasteiger partial charge in [-0.15, -0.1) is 0 Å². The minimum absolute atomic E-state index is 0.0671. The van der Waals surface area contributed by atoms with Crippen LogP contribution in [-0.4, -0.2) is 41.3 Å². The molecule has 0 radical (unpaired) electrons. The van der Waals surface area contributed by atoms with Crippen molar-refractivity contribution < 1.29 is 9.59 Å². The Morgan fingerprint density at radius 2 is 1.90 bits per heavy atom. The molecule has 30 heavy (non-hydrogen) atoms. The van der Waals surface area contributed by atoms with Crippen LogP contribution < -0.4 is 10.6 Å². The molecule has 1 heterocycles. The summed E-state index contributed by atoms with van der Waals surface area (Å²) in [5.41, 5.74) is -0.623. The molecular weight excluding hydrogens is 376 g/mol. The number of nitrogens with one attached hydrogen (secondary N) is 3. The summed E-state index contributed by atoms with van der Waals surface area (Å²) >= 11 is 0. The van der Waals surface area contributed by atoms with Gasteiger partial charge in [-0.1, -0.05) is 58.3 Å². The van der Waals surface area contributed by atoms with Crippen molar-refractivity contribution in [2.24, 2.45) is 11.8 Å². The Balaban J connectivity index is 1.61. The zero-order chi connectivity index (χ0) is 21.6. The van der Waals surface area contributed by atoms with Crippen LogP contribution in [0.25, 0.3) is 0 Å². The van der Waals surface area contributed by atoms with Gasteiger partial charge in [0.25, 0.3) is 5.91 Å². The molecule has 6 nitrogen and oxygen atoms in total. The summed E-state index contributed by atoms with van der Waals surface area (Å²) in [5.74, 6) is 1.62. The maximum absolute atomic E-state index is 13.2. The average Bonchev–Trinajstić information content (AvgIpc) is 2.95. The third-order valence-corrected chi connectivity index (χ3v) is 7.65. The highest BCUT2D eigenvalue weighted by atomic mass is 16.2. The second-order valence-electron chi connectivity index (χ2n) is 10.1. The molecule has 1 aliphatic heterocycles. The van der Waals surface area contributed by atoms with Crippen molar-refractivity contribution >= 4 is 17.8 Å². The number of likely N-dealkylation sites (N-methyl/N-ethyl adjacent to an activating group) is 1. The van der Waals surface area contributed by atoms with Gasteiger partial charge in [0.15, 0.2) is 5.96 Å². The summed E-state index contributed by atoms with van der Waals surface area (Å²) in [7, 11) is 1.72. The second kappa shape index (κ2) is 10.6. The van der Waals surface area contributed by atoms with Crippen LogP contribution in [0.2, 0.25) is 0 Å². The van der Waals surface area contributed by atoms with Gasteiger partial charge in [0.1, 0.15) is 5.54 Å². The van der Waals surface area contributed by atoms with Crippen molar-refractivity contribution in [3.8, 4) is 0 Å². The summed E-state index contributed by atoms with van der Waals surface area (Å²) < 4.78 is 0. The molecule has 3 aliphatic rings. The number of nitrogens with zero attached hydrogens (tertiary/aromatic N) is 1. The van der Waals surface area contributed by atoms with Crippen molar-refractivity contribution in [2.45, 2.75) is 115 Å². The van der Waals surface area contributed by atoms with E-state index in [9.17, 15) is 9.59 Å². The normalized spacial score (nSPS) is 30.4. The highest BCUT2D eigenvalue weighted by Crippen LogP contribution is 2.38. The van der Waals surface area contributed by atoms with Gasteiger partial charge in [-0.05, 0) is 50.4 Å². The van der Waals surface area contributed by atoms with E-state index in [1.165, 1.54) is 37.0 Å². The molecule has 0 unspecified atom stereocenters. The van der Waals surface area contributed by atoms with Crippen LogP contribution >= 0.6 is 0 Å².